The Balaban J connectivity index is 2.24. The van der Waals surface area contributed by atoms with Gasteiger partial charge in [0.25, 0.3) is 5.91 Å². The van der Waals surface area contributed by atoms with Gasteiger partial charge in [0.2, 0.25) is 0 Å². The number of nitrogens with one attached hydrogen (secondary N) is 1. The van der Waals surface area contributed by atoms with Crippen LogP contribution in [0.5, 0.6) is 0 Å². The minimum absolute atomic E-state index is 0.356. The Kier molecular flexibility index (Phi) is 4.79. The van der Waals surface area contributed by atoms with Crippen molar-refractivity contribution in [1.82, 2.24) is 10.3 Å². The fourth-order valence-electron chi connectivity index (χ4n) is 2.23. The van der Waals surface area contributed by atoms with Gasteiger partial charge in [-0.05, 0) is 32.9 Å². The van der Waals surface area contributed by atoms with E-state index >= 15 is 0 Å². The third kappa shape index (κ3) is 3.74. The lowest BCUT2D eigenvalue weighted by Crippen LogP contribution is -2.50. The number of pyridine rings is 1. The molecule has 5 heteroatoms. The van der Waals surface area contributed by atoms with Gasteiger partial charge < -0.3 is 10.1 Å². The number of carbonyl (C=O) groups is 2. The monoisotopic (exact) mass is 312 g/mol. The van der Waals surface area contributed by atoms with Gasteiger partial charge in [-0.15, -0.1) is 0 Å². The largest absolute Gasteiger partial charge is 0.467 e. The summed E-state index contributed by atoms with van der Waals surface area (Å²) >= 11 is 0. The van der Waals surface area contributed by atoms with Crippen molar-refractivity contribution in [2.75, 3.05) is 7.11 Å². The molecule has 0 aliphatic heterocycles. The highest BCUT2D eigenvalue weighted by atomic mass is 16.5. The molecule has 5 nitrogen and oxygen atoms in total. The Labute approximate surface area is 135 Å². The number of methoxy groups -OCH3 is 1. The van der Waals surface area contributed by atoms with E-state index in [9.17, 15) is 9.59 Å². The number of nitrogens with zero attached hydrogens (tertiary/aromatic N) is 1. The molecule has 1 N–H and O–H groups in total. The fourth-order valence-corrected chi connectivity index (χ4v) is 2.23. The molecule has 0 spiro atoms. The molecular weight excluding hydrogens is 292 g/mol. The van der Waals surface area contributed by atoms with E-state index in [4.69, 9.17) is 0 Å². The molecule has 0 atom stereocenters. The van der Waals surface area contributed by atoms with Crippen molar-refractivity contribution in [3.8, 4) is 11.3 Å². The highest BCUT2D eigenvalue weighted by molar-refractivity contribution is 5.98. The van der Waals surface area contributed by atoms with Crippen molar-refractivity contribution in [1.29, 1.82) is 0 Å². The molecule has 2 rings (SSSR count). The van der Waals surface area contributed by atoms with Crippen molar-refractivity contribution in [3.05, 3.63) is 53.7 Å². The molecule has 1 aromatic carbocycles. The summed E-state index contributed by atoms with van der Waals surface area (Å²) in [4.78, 5) is 28.5. The molecule has 0 saturated heterocycles. The number of carbonyl (C=O) groups excluding carboxylic acids is 2. The molecule has 1 aromatic heterocycles. The Morgan fingerprint density at radius 3 is 2.30 bits per heavy atom. The Morgan fingerprint density at radius 2 is 1.74 bits per heavy atom. The van der Waals surface area contributed by atoms with Crippen LogP contribution in [0.1, 0.15) is 29.9 Å². The van der Waals surface area contributed by atoms with Gasteiger partial charge in [0.15, 0.2) is 0 Å². The quantitative estimate of drug-likeness (QED) is 0.881. The predicted molar refractivity (Wildman–Crippen MR) is 88.0 cm³/mol. The minimum atomic E-state index is -1.10. The molecule has 0 radical (unpaired) electrons. The molecule has 1 heterocycles. The predicted octanol–water partition coefficient (Wildman–Crippen LogP) is 2.74. The van der Waals surface area contributed by atoms with Crippen molar-refractivity contribution < 1.29 is 14.3 Å². The Hall–Kier alpha value is -2.69. The molecule has 0 saturated carbocycles. The second kappa shape index (κ2) is 6.60. The van der Waals surface area contributed by atoms with Gasteiger partial charge in [-0.3, -0.25) is 9.78 Å². The summed E-state index contributed by atoms with van der Waals surface area (Å²) in [5.74, 6) is -0.859. The van der Waals surface area contributed by atoms with Gasteiger partial charge in [0.05, 0.1) is 24.1 Å². The van der Waals surface area contributed by atoms with Crippen molar-refractivity contribution in [2.24, 2.45) is 0 Å². The van der Waals surface area contributed by atoms with Gasteiger partial charge in [0, 0.05) is 5.56 Å². The highest BCUT2D eigenvalue weighted by Gasteiger charge is 2.31. The van der Waals surface area contributed by atoms with Gasteiger partial charge in [0.1, 0.15) is 5.54 Å². The van der Waals surface area contributed by atoms with Crippen LogP contribution < -0.4 is 5.32 Å². The van der Waals surface area contributed by atoms with Crippen molar-refractivity contribution in [2.45, 2.75) is 26.3 Å². The summed E-state index contributed by atoms with van der Waals surface area (Å²) in [6.45, 7) is 4.96. The number of hydrogen-bond acceptors (Lipinski definition) is 4. The number of benzene rings is 1. The van der Waals surface area contributed by atoms with E-state index in [2.05, 4.69) is 15.0 Å². The van der Waals surface area contributed by atoms with E-state index < -0.39 is 11.5 Å². The lowest BCUT2D eigenvalue weighted by molar-refractivity contribution is -0.146. The summed E-state index contributed by atoms with van der Waals surface area (Å²) < 4.78 is 4.69. The first-order valence-electron chi connectivity index (χ1n) is 7.29. The summed E-state index contributed by atoms with van der Waals surface area (Å²) in [5, 5.41) is 2.67. The number of rotatable bonds is 4. The molecule has 0 bridgehead atoms. The van der Waals surface area contributed by atoms with Crippen molar-refractivity contribution >= 4 is 11.9 Å². The maximum atomic E-state index is 12.4. The number of aromatic nitrogens is 1. The maximum absolute atomic E-state index is 12.4. The van der Waals surface area contributed by atoms with Crippen LogP contribution in [-0.4, -0.2) is 29.5 Å². The molecule has 0 aliphatic rings. The molecule has 23 heavy (non-hydrogen) atoms. The van der Waals surface area contributed by atoms with Gasteiger partial charge in [-0.25, -0.2) is 4.79 Å². The normalized spacial score (nSPS) is 11.0. The van der Waals surface area contributed by atoms with Crippen LogP contribution >= 0.6 is 0 Å². The van der Waals surface area contributed by atoms with Crippen LogP contribution in [0.3, 0.4) is 0 Å². The average molecular weight is 312 g/mol. The second-order valence-corrected chi connectivity index (χ2v) is 5.77. The SMILES string of the molecule is COC(=O)C(C)(C)NC(=O)c1ccc(-c2ccccc2)nc1C. The van der Waals surface area contributed by atoms with Crippen LogP contribution in [0.25, 0.3) is 11.3 Å². The molecular formula is C18H20N2O3. The lowest BCUT2D eigenvalue weighted by atomic mass is 10.0. The number of hydrogen-bond donors (Lipinski definition) is 1. The minimum Gasteiger partial charge on any atom is -0.467 e. The van der Waals surface area contributed by atoms with Crippen LogP contribution in [0, 0.1) is 6.92 Å². The van der Waals surface area contributed by atoms with E-state index in [0.717, 1.165) is 11.3 Å². The fraction of sp³-hybridized carbons (Fsp3) is 0.278. The number of aryl methyl sites for hydroxylation is 1. The number of amides is 1. The number of ether oxygens (including phenoxy) is 1. The average Bonchev–Trinajstić information content (AvgIpc) is 2.54. The van der Waals surface area contributed by atoms with Crippen LogP contribution in [-0.2, 0) is 9.53 Å². The molecule has 0 fully saturated rings. The molecule has 0 aliphatic carbocycles. The molecule has 0 unspecified atom stereocenters. The summed E-state index contributed by atoms with van der Waals surface area (Å²) in [6.07, 6.45) is 0. The third-order valence-electron chi connectivity index (χ3n) is 3.52. The Morgan fingerprint density at radius 1 is 1.09 bits per heavy atom. The van der Waals surface area contributed by atoms with Crippen molar-refractivity contribution in [3.63, 3.8) is 0 Å². The van der Waals surface area contributed by atoms with E-state index in [0.29, 0.717) is 11.3 Å². The first kappa shape index (κ1) is 16.7. The van der Waals surface area contributed by atoms with E-state index in [1.807, 2.05) is 30.3 Å². The maximum Gasteiger partial charge on any atom is 0.330 e. The third-order valence-corrected chi connectivity index (χ3v) is 3.52. The first-order chi connectivity index (χ1) is 10.8. The van der Waals surface area contributed by atoms with Gasteiger partial charge in [-0.2, -0.15) is 0 Å². The van der Waals surface area contributed by atoms with E-state index in [1.165, 1.54) is 7.11 Å². The van der Waals surface area contributed by atoms with E-state index in [1.54, 1.807) is 32.9 Å². The molecule has 2 aromatic rings. The Bertz CT molecular complexity index is 724. The number of esters is 1. The van der Waals surface area contributed by atoms with E-state index in [-0.39, 0.29) is 5.91 Å². The summed E-state index contributed by atoms with van der Waals surface area (Å²) in [5.41, 5.74) is 1.71. The zero-order valence-corrected chi connectivity index (χ0v) is 13.7. The molecule has 120 valence electrons. The highest BCUT2D eigenvalue weighted by Crippen LogP contribution is 2.19. The van der Waals surface area contributed by atoms with Gasteiger partial charge in [-0.1, -0.05) is 30.3 Å². The van der Waals surface area contributed by atoms with Gasteiger partial charge >= 0.3 is 5.97 Å². The summed E-state index contributed by atoms with van der Waals surface area (Å²) in [7, 11) is 1.29. The van der Waals surface area contributed by atoms with Crippen LogP contribution in [0.15, 0.2) is 42.5 Å². The standard InChI is InChI=1S/C18H20N2O3/c1-12-14(16(21)20-18(2,3)17(22)23-4)10-11-15(19-12)13-8-6-5-7-9-13/h5-11H,1-4H3,(H,20,21). The van der Waals surface area contributed by atoms with Crippen LogP contribution in [0.2, 0.25) is 0 Å². The topological polar surface area (TPSA) is 68.3 Å². The second-order valence-electron chi connectivity index (χ2n) is 5.77. The molecule has 1 amide bonds. The summed E-state index contributed by atoms with van der Waals surface area (Å²) in [6, 6.07) is 13.2. The smallest absolute Gasteiger partial charge is 0.330 e. The van der Waals surface area contributed by atoms with Crippen LogP contribution in [0.4, 0.5) is 0 Å². The first-order valence-corrected chi connectivity index (χ1v) is 7.29. The lowest BCUT2D eigenvalue weighted by Gasteiger charge is -2.23. The zero-order valence-electron chi connectivity index (χ0n) is 13.7. The zero-order chi connectivity index (χ0) is 17.0.